The molecule has 20 heavy (non-hydrogen) atoms. The maximum atomic E-state index is 11.0. The minimum absolute atomic E-state index is 0.0361. The highest BCUT2D eigenvalue weighted by Crippen LogP contribution is 2.32. The summed E-state index contributed by atoms with van der Waals surface area (Å²) in [4.78, 5) is 14.9. The minimum Gasteiger partial charge on any atom is -0.497 e. The van der Waals surface area contributed by atoms with Crippen LogP contribution in [0.2, 0.25) is 0 Å². The highest BCUT2D eigenvalue weighted by molar-refractivity contribution is 5.79. The van der Waals surface area contributed by atoms with Gasteiger partial charge in [-0.2, -0.15) is 0 Å². The molecule has 3 rings (SSSR count). The third-order valence-electron chi connectivity index (χ3n) is 2.93. The standard InChI is InChI=1S/C14H10N2O4/c1-19-9-6-7-13-11(8-9)15-14(20-13)10-4-2-3-5-12(10)16(17)18/h2-8H,1H3. The van der Waals surface area contributed by atoms with E-state index < -0.39 is 4.92 Å². The summed E-state index contributed by atoms with van der Waals surface area (Å²) in [7, 11) is 1.56. The van der Waals surface area contributed by atoms with Gasteiger partial charge < -0.3 is 9.15 Å². The lowest BCUT2D eigenvalue weighted by Gasteiger charge is -1.96. The number of hydrogen-bond donors (Lipinski definition) is 0. The normalized spacial score (nSPS) is 10.7. The van der Waals surface area contributed by atoms with Crippen molar-refractivity contribution >= 4 is 16.8 Å². The van der Waals surface area contributed by atoms with Crippen LogP contribution < -0.4 is 4.74 Å². The zero-order valence-corrected chi connectivity index (χ0v) is 10.6. The number of nitro groups is 1. The largest absolute Gasteiger partial charge is 0.497 e. The Balaban J connectivity index is 2.18. The van der Waals surface area contributed by atoms with Crippen molar-refractivity contribution in [3.8, 4) is 17.2 Å². The van der Waals surface area contributed by atoms with Crippen molar-refractivity contribution in [2.75, 3.05) is 7.11 Å². The number of benzene rings is 2. The number of hydrogen-bond acceptors (Lipinski definition) is 5. The maximum Gasteiger partial charge on any atom is 0.282 e. The van der Waals surface area contributed by atoms with E-state index in [0.29, 0.717) is 22.4 Å². The molecule has 0 saturated heterocycles. The Morgan fingerprint density at radius 1 is 1.25 bits per heavy atom. The minimum atomic E-state index is -0.454. The molecule has 3 aromatic rings. The molecule has 0 saturated carbocycles. The van der Waals surface area contributed by atoms with Crippen molar-refractivity contribution < 1.29 is 14.1 Å². The Kier molecular flexibility index (Phi) is 2.83. The average molecular weight is 270 g/mol. The lowest BCUT2D eigenvalue weighted by molar-refractivity contribution is -0.384. The van der Waals surface area contributed by atoms with Crippen LogP contribution in [0.4, 0.5) is 5.69 Å². The third kappa shape index (κ3) is 1.97. The number of methoxy groups -OCH3 is 1. The number of aromatic nitrogens is 1. The van der Waals surface area contributed by atoms with Gasteiger partial charge in [-0.05, 0) is 18.2 Å². The van der Waals surface area contributed by atoms with Crippen LogP contribution in [-0.4, -0.2) is 17.0 Å². The molecule has 1 heterocycles. The first-order valence-corrected chi connectivity index (χ1v) is 5.87. The highest BCUT2D eigenvalue weighted by Gasteiger charge is 2.19. The van der Waals surface area contributed by atoms with E-state index in [1.165, 1.54) is 6.07 Å². The number of nitro benzene ring substituents is 1. The molecular weight excluding hydrogens is 260 g/mol. The van der Waals surface area contributed by atoms with Crippen molar-refractivity contribution in [1.82, 2.24) is 4.98 Å². The molecular formula is C14H10N2O4. The van der Waals surface area contributed by atoms with Gasteiger partial charge >= 0.3 is 0 Å². The van der Waals surface area contributed by atoms with Crippen molar-refractivity contribution in [2.45, 2.75) is 0 Å². The van der Waals surface area contributed by atoms with E-state index in [2.05, 4.69) is 4.98 Å². The van der Waals surface area contributed by atoms with E-state index in [4.69, 9.17) is 9.15 Å². The van der Waals surface area contributed by atoms with Crippen LogP contribution in [0.1, 0.15) is 0 Å². The SMILES string of the molecule is COc1ccc2oc(-c3ccccc3[N+](=O)[O-])nc2c1. The van der Waals surface area contributed by atoms with Crippen molar-refractivity contribution in [3.05, 3.63) is 52.6 Å². The van der Waals surface area contributed by atoms with Gasteiger partial charge in [0.15, 0.2) is 5.58 Å². The Morgan fingerprint density at radius 2 is 2.05 bits per heavy atom. The van der Waals surface area contributed by atoms with E-state index in [1.54, 1.807) is 43.5 Å². The first-order chi connectivity index (χ1) is 9.69. The van der Waals surface area contributed by atoms with Gasteiger partial charge in [-0.1, -0.05) is 12.1 Å². The number of ether oxygens (including phenoxy) is 1. The molecule has 0 spiro atoms. The molecule has 0 N–H and O–H groups in total. The second kappa shape index (κ2) is 4.65. The molecule has 1 aromatic heterocycles. The zero-order chi connectivity index (χ0) is 14.1. The fourth-order valence-electron chi connectivity index (χ4n) is 1.96. The highest BCUT2D eigenvalue weighted by atomic mass is 16.6. The van der Waals surface area contributed by atoms with Crippen molar-refractivity contribution in [1.29, 1.82) is 0 Å². The van der Waals surface area contributed by atoms with Crippen LogP contribution in [-0.2, 0) is 0 Å². The monoisotopic (exact) mass is 270 g/mol. The number of nitrogens with zero attached hydrogens (tertiary/aromatic N) is 2. The Hall–Kier alpha value is -2.89. The first-order valence-electron chi connectivity index (χ1n) is 5.87. The molecule has 6 nitrogen and oxygen atoms in total. The molecule has 0 atom stereocenters. The molecule has 6 heteroatoms. The lowest BCUT2D eigenvalue weighted by atomic mass is 10.2. The molecule has 0 radical (unpaired) electrons. The summed E-state index contributed by atoms with van der Waals surface area (Å²) in [5, 5.41) is 11.0. The maximum absolute atomic E-state index is 11.0. The topological polar surface area (TPSA) is 78.4 Å². The van der Waals surface area contributed by atoms with Crippen molar-refractivity contribution in [2.24, 2.45) is 0 Å². The van der Waals surface area contributed by atoms with Gasteiger partial charge in [-0.25, -0.2) is 4.98 Å². The molecule has 0 fully saturated rings. The lowest BCUT2D eigenvalue weighted by Crippen LogP contribution is -1.91. The van der Waals surface area contributed by atoms with Crippen LogP contribution in [0.25, 0.3) is 22.6 Å². The van der Waals surface area contributed by atoms with Crippen LogP contribution in [0.15, 0.2) is 46.9 Å². The van der Waals surface area contributed by atoms with Crippen LogP contribution in [0.3, 0.4) is 0 Å². The van der Waals surface area contributed by atoms with Gasteiger partial charge in [-0.15, -0.1) is 0 Å². The number of para-hydroxylation sites is 1. The van der Waals surface area contributed by atoms with Gasteiger partial charge in [0.1, 0.15) is 16.8 Å². The van der Waals surface area contributed by atoms with Crippen LogP contribution in [0, 0.1) is 10.1 Å². The fourth-order valence-corrected chi connectivity index (χ4v) is 1.96. The molecule has 2 aromatic carbocycles. The van der Waals surface area contributed by atoms with E-state index >= 15 is 0 Å². The quantitative estimate of drug-likeness (QED) is 0.538. The Morgan fingerprint density at radius 3 is 2.80 bits per heavy atom. The summed E-state index contributed by atoms with van der Waals surface area (Å²) in [6, 6.07) is 11.5. The smallest absolute Gasteiger partial charge is 0.282 e. The summed E-state index contributed by atoms with van der Waals surface area (Å²) < 4.78 is 10.7. The number of oxazole rings is 1. The second-order valence-electron chi connectivity index (χ2n) is 4.13. The predicted octanol–water partition coefficient (Wildman–Crippen LogP) is 3.41. The number of fused-ring (bicyclic) bond motifs is 1. The third-order valence-corrected chi connectivity index (χ3v) is 2.93. The second-order valence-corrected chi connectivity index (χ2v) is 4.13. The first kappa shape index (κ1) is 12.2. The Labute approximate surface area is 113 Å². The van der Waals surface area contributed by atoms with Gasteiger partial charge in [0, 0.05) is 12.1 Å². The van der Waals surface area contributed by atoms with E-state index in [-0.39, 0.29) is 11.6 Å². The van der Waals surface area contributed by atoms with Gasteiger partial charge in [0.05, 0.1) is 12.0 Å². The molecule has 0 bridgehead atoms. The summed E-state index contributed by atoms with van der Waals surface area (Å²) in [5.41, 5.74) is 1.47. The molecule has 0 aliphatic carbocycles. The molecule has 0 unspecified atom stereocenters. The van der Waals surface area contributed by atoms with E-state index in [0.717, 1.165) is 0 Å². The molecule has 0 amide bonds. The molecule has 0 aliphatic heterocycles. The van der Waals surface area contributed by atoms with Gasteiger partial charge in [0.25, 0.3) is 5.69 Å². The van der Waals surface area contributed by atoms with E-state index in [1.807, 2.05) is 0 Å². The summed E-state index contributed by atoms with van der Waals surface area (Å²) in [5.74, 6) is 0.875. The zero-order valence-electron chi connectivity index (χ0n) is 10.6. The average Bonchev–Trinajstić information content (AvgIpc) is 2.89. The van der Waals surface area contributed by atoms with Crippen molar-refractivity contribution in [3.63, 3.8) is 0 Å². The summed E-state index contributed by atoms with van der Waals surface area (Å²) in [6.45, 7) is 0. The van der Waals surface area contributed by atoms with Gasteiger partial charge in [0.2, 0.25) is 5.89 Å². The molecule has 100 valence electrons. The van der Waals surface area contributed by atoms with Crippen LogP contribution >= 0.6 is 0 Å². The number of rotatable bonds is 3. The fraction of sp³-hybridized carbons (Fsp3) is 0.0714. The summed E-state index contributed by atoms with van der Waals surface area (Å²) in [6.07, 6.45) is 0. The predicted molar refractivity (Wildman–Crippen MR) is 72.7 cm³/mol. The van der Waals surface area contributed by atoms with Crippen LogP contribution in [0.5, 0.6) is 5.75 Å². The molecule has 0 aliphatic rings. The van der Waals surface area contributed by atoms with Gasteiger partial charge in [-0.3, -0.25) is 10.1 Å². The Bertz CT molecular complexity index is 795. The summed E-state index contributed by atoms with van der Waals surface area (Å²) >= 11 is 0. The van der Waals surface area contributed by atoms with E-state index in [9.17, 15) is 10.1 Å².